The van der Waals surface area contributed by atoms with Gasteiger partial charge in [0, 0.05) is 51.5 Å². The lowest BCUT2D eigenvalue weighted by atomic mass is 10.2. The fraction of sp³-hybridized carbons (Fsp3) is 0.391. The molecule has 1 saturated heterocycles. The third-order valence-electron chi connectivity index (χ3n) is 5.00. The average Bonchev–Trinajstić information content (AvgIpc) is 3.16. The largest absolute Gasteiger partial charge is 0.378 e. The summed E-state index contributed by atoms with van der Waals surface area (Å²) in [7, 11) is 4.08. The molecule has 3 rings (SSSR count). The number of carbonyl (C=O) groups is 1. The van der Waals surface area contributed by atoms with Crippen LogP contribution < -0.4 is 20.4 Å². The lowest BCUT2D eigenvalue weighted by Crippen LogP contribution is -2.36. The van der Waals surface area contributed by atoms with Crippen molar-refractivity contribution < 1.29 is 4.79 Å². The summed E-state index contributed by atoms with van der Waals surface area (Å²) < 4.78 is 0. The zero-order valence-corrected chi connectivity index (χ0v) is 20.3. The Labute approximate surface area is 196 Å². The maximum atomic E-state index is 11.9. The predicted octanol–water partition coefficient (Wildman–Crippen LogP) is 3.75. The molecule has 2 aromatic rings. The average molecular weight is 521 g/mol. The molecule has 2 N–H and O–H groups in total. The van der Waals surface area contributed by atoms with Crippen molar-refractivity contribution in [2.75, 3.05) is 37.0 Å². The third kappa shape index (κ3) is 6.62. The molecule has 0 unspecified atom stereocenters. The minimum Gasteiger partial charge on any atom is -0.378 e. The normalized spacial score (nSPS) is 13.8. The van der Waals surface area contributed by atoms with E-state index in [1.807, 2.05) is 31.1 Å². The zero-order chi connectivity index (χ0) is 20.6. The van der Waals surface area contributed by atoms with Gasteiger partial charge in [-0.15, -0.1) is 24.0 Å². The molecule has 0 aromatic heterocycles. The molecule has 0 saturated carbocycles. The molecule has 0 bridgehead atoms. The monoisotopic (exact) mass is 521 g/mol. The van der Waals surface area contributed by atoms with Gasteiger partial charge < -0.3 is 20.4 Å². The standard InChI is InChI=1S/C23H31N5O.HI/c1-4-24-23(25-16-18-7-11-20(12-8-18)27(2)3)26-17-19-9-13-21(14-10-19)28-15-5-6-22(28)29;/h7-14H,4-6,15-17H2,1-3H3,(H2,24,25,26);1H. The third-order valence-corrected chi connectivity index (χ3v) is 5.00. The molecule has 0 aliphatic carbocycles. The number of guanidine groups is 1. The first-order valence-electron chi connectivity index (χ1n) is 10.2. The molecule has 1 aliphatic heterocycles. The summed E-state index contributed by atoms with van der Waals surface area (Å²) in [5, 5.41) is 6.68. The van der Waals surface area contributed by atoms with E-state index in [-0.39, 0.29) is 29.9 Å². The molecule has 1 fully saturated rings. The van der Waals surface area contributed by atoms with Crippen LogP contribution >= 0.6 is 24.0 Å². The van der Waals surface area contributed by atoms with E-state index in [2.05, 4.69) is 58.9 Å². The van der Waals surface area contributed by atoms with Crippen molar-refractivity contribution in [1.82, 2.24) is 10.6 Å². The molecule has 7 heteroatoms. The van der Waals surface area contributed by atoms with Crippen molar-refractivity contribution in [3.8, 4) is 0 Å². The van der Waals surface area contributed by atoms with E-state index in [0.717, 1.165) is 36.7 Å². The van der Waals surface area contributed by atoms with Gasteiger partial charge in [-0.3, -0.25) is 4.79 Å². The molecule has 1 heterocycles. The van der Waals surface area contributed by atoms with E-state index in [4.69, 9.17) is 4.99 Å². The van der Waals surface area contributed by atoms with E-state index in [0.29, 0.717) is 19.5 Å². The Morgan fingerprint density at radius 1 is 1.03 bits per heavy atom. The fourth-order valence-electron chi connectivity index (χ4n) is 3.31. The summed E-state index contributed by atoms with van der Waals surface area (Å²) in [4.78, 5) is 20.5. The second kappa shape index (κ2) is 11.8. The minimum atomic E-state index is 0. The Hall–Kier alpha value is -2.29. The SMILES string of the molecule is CCNC(=NCc1ccc(N(C)C)cc1)NCc1ccc(N2CCCC2=O)cc1.I. The van der Waals surface area contributed by atoms with Crippen molar-refractivity contribution >= 4 is 47.2 Å². The van der Waals surface area contributed by atoms with Crippen LogP contribution in [0.3, 0.4) is 0 Å². The van der Waals surface area contributed by atoms with Crippen LogP contribution in [-0.2, 0) is 17.9 Å². The first kappa shape index (κ1) is 24.0. The van der Waals surface area contributed by atoms with Gasteiger partial charge in [0.25, 0.3) is 0 Å². The van der Waals surface area contributed by atoms with Gasteiger partial charge in [-0.05, 0) is 48.7 Å². The Morgan fingerprint density at radius 2 is 1.70 bits per heavy atom. The summed E-state index contributed by atoms with van der Waals surface area (Å²) in [5.41, 5.74) is 4.49. The Balaban J connectivity index is 0.00000320. The van der Waals surface area contributed by atoms with Crippen LogP contribution in [0.2, 0.25) is 0 Å². The van der Waals surface area contributed by atoms with Crippen LogP contribution in [0.5, 0.6) is 0 Å². The van der Waals surface area contributed by atoms with Crippen molar-refractivity contribution in [1.29, 1.82) is 0 Å². The maximum Gasteiger partial charge on any atom is 0.227 e. The highest BCUT2D eigenvalue weighted by molar-refractivity contribution is 14.0. The van der Waals surface area contributed by atoms with Crippen molar-refractivity contribution in [2.24, 2.45) is 4.99 Å². The number of anilines is 2. The molecule has 1 amide bonds. The smallest absolute Gasteiger partial charge is 0.227 e. The summed E-state index contributed by atoms with van der Waals surface area (Å²) in [6.45, 7) is 4.99. The first-order chi connectivity index (χ1) is 14.1. The van der Waals surface area contributed by atoms with Crippen LogP contribution in [0.15, 0.2) is 53.5 Å². The van der Waals surface area contributed by atoms with Gasteiger partial charge >= 0.3 is 0 Å². The molecule has 0 radical (unpaired) electrons. The van der Waals surface area contributed by atoms with Gasteiger partial charge in [-0.25, -0.2) is 4.99 Å². The van der Waals surface area contributed by atoms with Gasteiger partial charge in [0.15, 0.2) is 5.96 Å². The van der Waals surface area contributed by atoms with Crippen molar-refractivity contribution in [3.05, 3.63) is 59.7 Å². The highest BCUT2D eigenvalue weighted by Gasteiger charge is 2.21. The number of rotatable bonds is 7. The van der Waals surface area contributed by atoms with E-state index < -0.39 is 0 Å². The minimum absolute atomic E-state index is 0. The van der Waals surface area contributed by atoms with Crippen LogP contribution in [0, 0.1) is 0 Å². The summed E-state index contributed by atoms with van der Waals surface area (Å²) in [6.07, 6.45) is 1.60. The molecular weight excluding hydrogens is 489 g/mol. The predicted molar refractivity (Wildman–Crippen MR) is 136 cm³/mol. The molecule has 30 heavy (non-hydrogen) atoms. The Bertz CT molecular complexity index is 834. The molecule has 0 atom stereocenters. The van der Waals surface area contributed by atoms with Crippen LogP contribution in [0.25, 0.3) is 0 Å². The second-order valence-corrected chi connectivity index (χ2v) is 7.42. The van der Waals surface area contributed by atoms with Crippen molar-refractivity contribution in [2.45, 2.75) is 32.9 Å². The number of nitrogens with one attached hydrogen (secondary N) is 2. The maximum absolute atomic E-state index is 11.9. The van der Waals surface area contributed by atoms with Gasteiger partial charge in [-0.1, -0.05) is 24.3 Å². The number of halogens is 1. The highest BCUT2D eigenvalue weighted by Crippen LogP contribution is 2.21. The van der Waals surface area contributed by atoms with E-state index in [1.165, 1.54) is 11.3 Å². The van der Waals surface area contributed by atoms with Gasteiger partial charge in [0.2, 0.25) is 5.91 Å². The number of nitrogens with zero attached hydrogens (tertiary/aromatic N) is 3. The van der Waals surface area contributed by atoms with Crippen LogP contribution in [-0.4, -0.2) is 39.1 Å². The van der Waals surface area contributed by atoms with Gasteiger partial charge in [-0.2, -0.15) is 0 Å². The van der Waals surface area contributed by atoms with Crippen LogP contribution in [0.4, 0.5) is 11.4 Å². The molecule has 1 aliphatic rings. The van der Waals surface area contributed by atoms with Gasteiger partial charge in [0.1, 0.15) is 0 Å². The molecular formula is C23H32IN5O. The number of carbonyl (C=O) groups excluding carboxylic acids is 1. The Kier molecular flexibility index (Phi) is 9.42. The number of hydrogen-bond donors (Lipinski definition) is 2. The number of amides is 1. The molecule has 0 spiro atoms. The first-order valence-corrected chi connectivity index (χ1v) is 10.2. The summed E-state index contributed by atoms with van der Waals surface area (Å²) in [6, 6.07) is 16.6. The topological polar surface area (TPSA) is 60.0 Å². The van der Waals surface area contributed by atoms with Crippen molar-refractivity contribution in [3.63, 3.8) is 0 Å². The highest BCUT2D eigenvalue weighted by atomic mass is 127. The Morgan fingerprint density at radius 3 is 2.27 bits per heavy atom. The second-order valence-electron chi connectivity index (χ2n) is 7.42. The van der Waals surface area contributed by atoms with Gasteiger partial charge in [0.05, 0.1) is 6.54 Å². The lowest BCUT2D eigenvalue weighted by molar-refractivity contribution is -0.117. The number of aliphatic imine (C=N–C) groups is 1. The molecule has 6 nitrogen and oxygen atoms in total. The summed E-state index contributed by atoms with van der Waals surface area (Å²) in [5.74, 6) is 1.01. The molecule has 2 aromatic carbocycles. The molecule has 162 valence electrons. The number of benzene rings is 2. The van der Waals surface area contributed by atoms with E-state index in [9.17, 15) is 4.79 Å². The van der Waals surface area contributed by atoms with E-state index in [1.54, 1.807) is 0 Å². The number of hydrogen-bond acceptors (Lipinski definition) is 3. The fourth-order valence-corrected chi connectivity index (χ4v) is 3.31. The van der Waals surface area contributed by atoms with E-state index >= 15 is 0 Å². The lowest BCUT2D eigenvalue weighted by Gasteiger charge is -2.16. The van der Waals surface area contributed by atoms with Crippen LogP contribution in [0.1, 0.15) is 30.9 Å². The quantitative estimate of drug-likeness (QED) is 0.331. The summed E-state index contributed by atoms with van der Waals surface area (Å²) >= 11 is 0. The zero-order valence-electron chi connectivity index (χ0n) is 18.0.